The molecule has 0 radical (unpaired) electrons. The topological polar surface area (TPSA) is 77.2 Å². The standard InChI is InChI=1S/C12H17N3O2.2ClH/c13-11(9-3-6-17-7-4-9)12(16)15-10-2-1-5-14-8-10;;/h1-2,5,8-9,11H,3-4,6-7,13H2,(H,15,16);2*1H. The number of halogens is 2. The van der Waals surface area contributed by atoms with E-state index in [1.54, 1.807) is 24.5 Å². The number of rotatable bonds is 3. The Hall–Kier alpha value is -0.880. The molecule has 1 saturated heterocycles. The van der Waals surface area contributed by atoms with E-state index in [-0.39, 0.29) is 36.6 Å². The van der Waals surface area contributed by atoms with Crippen molar-refractivity contribution in [3.8, 4) is 0 Å². The zero-order valence-electron chi connectivity index (χ0n) is 10.5. The number of hydrogen-bond acceptors (Lipinski definition) is 4. The van der Waals surface area contributed by atoms with Gasteiger partial charge in [0.05, 0.1) is 17.9 Å². The lowest BCUT2D eigenvalue weighted by atomic mass is 9.92. The summed E-state index contributed by atoms with van der Waals surface area (Å²) in [5.74, 6) is 0.0605. The fourth-order valence-electron chi connectivity index (χ4n) is 1.95. The number of pyridine rings is 1. The van der Waals surface area contributed by atoms with Crippen LogP contribution in [0.15, 0.2) is 24.5 Å². The molecule has 1 aliphatic rings. The van der Waals surface area contributed by atoms with Crippen molar-refractivity contribution in [2.45, 2.75) is 18.9 Å². The van der Waals surface area contributed by atoms with Crippen molar-refractivity contribution in [3.63, 3.8) is 0 Å². The van der Waals surface area contributed by atoms with Crippen molar-refractivity contribution in [3.05, 3.63) is 24.5 Å². The summed E-state index contributed by atoms with van der Waals surface area (Å²) in [6.45, 7) is 1.39. The van der Waals surface area contributed by atoms with Gasteiger partial charge in [-0.05, 0) is 30.9 Å². The van der Waals surface area contributed by atoms with Crippen LogP contribution < -0.4 is 11.1 Å². The number of nitrogens with zero attached hydrogens (tertiary/aromatic N) is 1. The Morgan fingerprint density at radius 1 is 1.42 bits per heavy atom. The average Bonchev–Trinajstić information content (AvgIpc) is 2.40. The van der Waals surface area contributed by atoms with E-state index in [4.69, 9.17) is 10.5 Å². The number of carbonyl (C=O) groups excluding carboxylic acids is 1. The fourth-order valence-corrected chi connectivity index (χ4v) is 1.95. The zero-order chi connectivity index (χ0) is 12.1. The lowest BCUT2D eigenvalue weighted by Crippen LogP contribution is -2.44. The molecule has 2 rings (SSSR count). The molecule has 7 heteroatoms. The lowest BCUT2D eigenvalue weighted by molar-refractivity contribution is -0.119. The van der Waals surface area contributed by atoms with Crippen LogP contribution in [-0.4, -0.2) is 30.1 Å². The van der Waals surface area contributed by atoms with Crippen molar-refractivity contribution < 1.29 is 9.53 Å². The third-order valence-corrected chi connectivity index (χ3v) is 3.01. The van der Waals surface area contributed by atoms with E-state index in [2.05, 4.69) is 10.3 Å². The van der Waals surface area contributed by atoms with Gasteiger partial charge in [-0.25, -0.2) is 0 Å². The van der Waals surface area contributed by atoms with Crippen molar-refractivity contribution in [1.82, 2.24) is 4.98 Å². The molecule has 0 aliphatic carbocycles. The molecule has 0 bridgehead atoms. The SMILES string of the molecule is Cl.Cl.NC(C(=O)Nc1cccnc1)C1CCOCC1. The summed E-state index contributed by atoms with van der Waals surface area (Å²) >= 11 is 0. The van der Waals surface area contributed by atoms with Crippen molar-refractivity contribution in [1.29, 1.82) is 0 Å². The quantitative estimate of drug-likeness (QED) is 0.889. The summed E-state index contributed by atoms with van der Waals surface area (Å²) in [5, 5.41) is 2.77. The third-order valence-electron chi connectivity index (χ3n) is 3.01. The van der Waals surface area contributed by atoms with Gasteiger partial charge >= 0.3 is 0 Å². The minimum atomic E-state index is -0.473. The molecule has 108 valence electrons. The molecule has 1 fully saturated rings. The van der Waals surface area contributed by atoms with E-state index >= 15 is 0 Å². The molecule has 1 aromatic rings. The van der Waals surface area contributed by atoms with Crippen LogP contribution in [0.25, 0.3) is 0 Å². The van der Waals surface area contributed by atoms with Crippen LogP contribution in [0, 0.1) is 5.92 Å². The molecule has 19 heavy (non-hydrogen) atoms. The highest BCUT2D eigenvalue weighted by Gasteiger charge is 2.26. The smallest absolute Gasteiger partial charge is 0.241 e. The molecule has 2 heterocycles. The van der Waals surface area contributed by atoms with Gasteiger partial charge in [0, 0.05) is 19.4 Å². The van der Waals surface area contributed by atoms with Gasteiger partial charge in [-0.2, -0.15) is 0 Å². The van der Waals surface area contributed by atoms with Gasteiger partial charge < -0.3 is 15.8 Å². The minimum absolute atomic E-state index is 0. The first-order valence-electron chi connectivity index (χ1n) is 5.81. The normalized spacial score (nSPS) is 16.7. The molecular formula is C12H19Cl2N3O2. The summed E-state index contributed by atoms with van der Waals surface area (Å²) in [4.78, 5) is 15.8. The zero-order valence-corrected chi connectivity index (χ0v) is 12.1. The van der Waals surface area contributed by atoms with Crippen LogP contribution in [0.5, 0.6) is 0 Å². The van der Waals surface area contributed by atoms with Crippen LogP contribution >= 0.6 is 24.8 Å². The first-order chi connectivity index (χ1) is 8.27. The lowest BCUT2D eigenvalue weighted by Gasteiger charge is -2.26. The van der Waals surface area contributed by atoms with Gasteiger partial charge in [-0.1, -0.05) is 0 Å². The first-order valence-corrected chi connectivity index (χ1v) is 5.81. The summed E-state index contributed by atoms with van der Waals surface area (Å²) in [5.41, 5.74) is 6.63. The van der Waals surface area contributed by atoms with Crippen LogP contribution in [0.1, 0.15) is 12.8 Å². The predicted molar refractivity (Wildman–Crippen MR) is 78.9 cm³/mol. The van der Waals surface area contributed by atoms with Gasteiger partial charge in [0.15, 0.2) is 0 Å². The highest BCUT2D eigenvalue weighted by molar-refractivity contribution is 5.94. The minimum Gasteiger partial charge on any atom is -0.381 e. The van der Waals surface area contributed by atoms with Crippen molar-refractivity contribution in [2.24, 2.45) is 11.7 Å². The molecule has 0 saturated carbocycles. The van der Waals surface area contributed by atoms with Crippen LogP contribution in [0.4, 0.5) is 5.69 Å². The summed E-state index contributed by atoms with van der Waals surface area (Å²) in [6, 6.07) is 3.09. The molecule has 1 atom stereocenters. The number of nitrogens with one attached hydrogen (secondary N) is 1. The van der Waals surface area contributed by atoms with Gasteiger partial charge in [-0.3, -0.25) is 9.78 Å². The maximum Gasteiger partial charge on any atom is 0.241 e. The number of nitrogens with two attached hydrogens (primary N) is 1. The molecule has 1 aromatic heterocycles. The Balaban J connectivity index is 0.00000162. The number of ether oxygens (including phenoxy) is 1. The number of amides is 1. The highest BCUT2D eigenvalue weighted by atomic mass is 35.5. The van der Waals surface area contributed by atoms with E-state index in [1.165, 1.54) is 0 Å². The second-order valence-corrected chi connectivity index (χ2v) is 4.21. The first kappa shape index (κ1) is 18.1. The third kappa shape index (κ3) is 5.32. The van der Waals surface area contributed by atoms with Crippen molar-refractivity contribution >= 4 is 36.4 Å². The molecule has 0 aromatic carbocycles. The van der Waals surface area contributed by atoms with E-state index in [1.807, 2.05) is 0 Å². The second-order valence-electron chi connectivity index (χ2n) is 4.21. The van der Waals surface area contributed by atoms with E-state index in [0.717, 1.165) is 12.8 Å². The van der Waals surface area contributed by atoms with Crippen LogP contribution in [0.3, 0.4) is 0 Å². The maximum absolute atomic E-state index is 11.9. The Morgan fingerprint density at radius 3 is 2.68 bits per heavy atom. The molecule has 5 nitrogen and oxygen atoms in total. The van der Waals surface area contributed by atoms with Gasteiger partial charge in [0.1, 0.15) is 0 Å². The molecule has 1 aliphatic heterocycles. The largest absolute Gasteiger partial charge is 0.381 e. The van der Waals surface area contributed by atoms with E-state index < -0.39 is 6.04 Å². The molecule has 3 N–H and O–H groups in total. The summed E-state index contributed by atoms with van der Waals surface area (Å²) < 4.78 is 5.25. The van der Waals surface area contributed by atoms with Crippen molar-refractivity contribution in [2.75, 3.05) is 18.5 Å². The Labute approximate surface area is 125 Å². The fraction of sp³-hybridized carbons (Fsp3) is 0.500. The second kappa shape index (κ2) is 9.09. The number of carbonyl (C=O) groups is 1. The summed E-state index contributed by atoms with van der Waals surface area (Å²) in [7, 11) is 0. The number of anilines is 1. The average molecular weight is 308 g/mol. The number of aromatic nitrogens is 1. The Morgan fingerprint density at radius 2 is 2.11 bits per heavy atom. The highest BCUT2D eigenvalue weighted by Crippen LogP contribution is 2.18. The molecular weight excluding hydrogens is 289 g/mol. The van der Waals surface area contributed by atoms with Crippen LogP contribution in [0.2, 0.25) is 0 Å². The van der Waals surface area contributed by atoms with Gasteiger partial charge in [-0.15, -0.1) is 24.8 Å². The maximum atomic E-state index is 11.9. The molecule has 0 spiro atoms. The molecule has 1 amide bonds. The van der Waals surface area contributed by atoms with Crippen LogP contribution in [-0.2, 0) is 9.53 Å². The van der Waals surface area contributed by atoms with Gasteiger partial charge in [0.2, 0.25) is 5.91 Å². The predicted octanol–water partition coefficient (Wildman–Crippen LogP) is 1.62. The van der Waals surface area contributed by atoms with E-state index in [0.29, 0.717) is 18.9 Å². The van der Waals surface area contributed by atoms with Gasteiger partial charge in [0.25, 0.3) is 0 Å². The number of hydrogen-bond donors (Lipinski definition) is 2. The Bertz CT molecular complexity index is 372. The monoisotopic (exact) mass is 307 g/mol. The molecule has 1 unspecified atom stereocenters. The summed E-state index contributed by atoms with van der Waals surface area (Å²) in [6.07, 6.45) is 4.96. The Kier molecular flexibility index (Phi) is 8.67. The van der Waals surface area contributed by atoms with E-state index in [9.17, 15) is 4.79 Å².